The molecule has 1 atom stereocenters. The summed E-state index contributed by atoms with van der Waals surface area (Å²) in [6.07, 6.45) is 2.41. The van der Waals surface area contributed by atoms with Crippen molar-refractivity contribution in [2.24, 2.45) is 0 Å². The van der Waals surface area contributed by atoms with Crippen LogP contribution in [0.4, 0.5) is 0 Å². The van der Waals surface area contributed by atoms with E-state index in [2.05, 4.69) is 21.7 Å². The summed E-state index contributed by atoms with van der Waals surface area (Å²) >= 11 is 7.86. The quantitative estimate of drug-likeness (QED) is 0.761. The summed E-state index contributed by atoms with van der Waals surface area (Å²) < 4.78 is 5.74. The van der Waals surface area contributed by atoms with Crippen molar-refractivity contribution in [1.82, 2.24) is 10.2 Å². The Labute approximate surface area is 157 Å². The lowest BCUT2D eigenvalue weighted by molar-refractivity contribution is -0.122. The first kappa shape index (κ1) is 18.4. The highest BCUT2D eigenvalue weighted by Crippen LogP contribution is 2.17. The SMILES string of the molecule is O=C(CN(Cc1cccs1)C[C@@H]1CCCO1)NCc1ccccc1Cl. The molecule has 1 fully saturated rings. The molecule has 1 N–H and O–H groups in total. The van der Waals surface area contributed by atoms with Crippen molar-refractivity contribution in [2.45, 2.75) is 32.0 Å². The van der Waals surface area contributed by atoms with Gasteiger partial charge in [0.25, 0.3) is 0 Å². The predicted octanol–water partition coefficient (Wildman–Crippen LogP) is 3.70. The summed E-state index contributed by atoms with van der Waals surface area (Å²) in [5, 5.41) is 5.72. The summed E-state index contributed by atoms with van der Waals surface area (Å²) in [6, 6.07) is 11.7. The third-order valence-corrected chi connectivity index (χ3v) is 5.48. The lowest BCUT2D eigenvalue weighted by atomic mass is 10.2. The van der Waals surface area contributed by atoms with Gasteiger partial charge in [-0.2, -0.15) is 0 Å². The number of nitrogens with one attached hydrogen (secondary N) is 1. The third-order valence-electron chi connectivity index (χ3n) is 4.25. The summed E-state index contributed by atoms with van der Waals surface area (Å²) in [5.41, 5.74) is 0.932. The Hall–Kier alpha value is -1.40. The van der Waals surface area contributed by atoms with E-state index >= 15 is 0 Å². The van der Waals surface area contributed by atoms with Gasteiger partial charge in [0.1, 0.15) is 0 Å². The second-order valence-corrected chi connectivity index (χ2v) is 7.69. The van der Waals surface area contributed by atoms with Crippen LogP contribution in [0.5, 0.6) is 0 Å². The Morgan fingerprint density at radius 1 is 1.32 bits per heavy atom. The minimum absolute atomic E-state index is 0.00877. The first-order valence-corrected chi connectivity index (χ1v) is 9.83. The zero-order chi connectivity index (χ0) is 17.5. The second-order valence-electron chi connectivity index (χ2n) is 6.25. The van der Waals surface area contributed by atoms with Crippen LogP contribution < -0.4 is 5.32 Å². The van der Waals surface area contributed by atoms with Gasteiger partial charge in [0.15, 0.2) is 0 Å². The largest absolute Gasteiger partial charge is 0.377 e. The van der Waals surface area contributed by atoms with Gasteiger partial charge in [-0.25, -0.2) is 0 Å². The molecule has 2 aromatic rings. The van der Waals surface area contributed by atoms with Crippen molar-refractivity contribution in [2.75, 3.05) is 19.7 Å². The smallest absolute Gasteiger partial charge is 0.234 e. The van der Waals surface area contributed by atoms with Crippen LogP contribution in [0.15, 0.2) is 41.8 Å². The van der Waals surface area contributed by atoms with Crippen molar-refractivity contribution in [3.8, 4) is 0 Å². The zero-order valence-corrected chi connectivity index (χ0v) is 15.7. The average Bonchev–Trinajstić information content (AvgIpc) is 3.28. The van der Waals surface area contributed by atoms with E-state index in [0.29, 0.717) is 18.1 Å². The first-order chi connectivity index (χ1) is 12.2. The Morgan fingerprint density at radius 2 is 2.20 bits per heavy atom. The number of rotatable bonds is 8. The Morgan fingerprint density at radius 3 is 2.92 bits per heavy atom. The second kappa shape index (κ2) is 9.34. The Kier molecular flexibility index (Phi) is 6.87. The standard InChI is InChI=1S/C19H23ClN2O2S/c20-18-8-2-1-5-15(18)11-21-19(23)14-22(12-16-6-3-9-24-16)13-17-7-4-10-25-17/h1-2,4-5,7-8,10,16H,3,6,9,11-14H2,(H,21,23)/t16-/m0/s1. The van der Waals surface area contributed by atoms with E-state index in [1.54, 1.807) is 11.3 Å². The topological polar surface area (TPSA) is 41.6 Å². The van der Waals surface area contributed by atoms with Crippen LogP contribution >= 0.6 is 22.9 Å². The number of halogens is 1. The van der Waals surface area contributed by atoms with Crippen molar-refractivity contribution >= 4 is 28.8 Å². The number of benzene rings is 1. The Bertz CT molecular complexity index is 672. The molecule has 0 bridgehead atoms. The molecule has 1 aromatic carbocycles. The number of carbonyl (C=O) groups excluding carboxylic acids is 1. The van der Waals surface area contributed by atoms with E-state index in [1.807, 2.05) is 30.3 Å². The number of ether oxygens (including phenoxy) is 1. The number of amides is 1. The normalized spacial score (nSPS) is 17.1. The van der Waals surface area contributed by atoms with Gasteiger partial charge in [-0.1, -0.05) is 35.9 Å². The van der Waals surface area contributed by atoms with E-state index in [1.165, 1.54) is 4.88 Å². The summed E-state index contributed by atoms with van der Waals surface area (Å²) in [6.45, 7) is 3.21. The average molecular weight is 379 g/mol. The maximum absolute atomic E-state index is 12.4. The molecule has 0 radical (unpaired) electrons. The highest BCUT2D eigenvalue weighted by molar-refractivity contribution is 7.09. The van der Waals surface area contributed by atoms with Crippen LogP contribution in [0.2, 0.25) is 5.02 Å². The predicted molar refractivity (Wildman–Crippen MR) is 102 cm³/mol. The number of thiophene rings is 1. The number of nitrogens with zero attached hydrogens (tertiary/aromatic N) is 1. The van der Waals surface area contributed by atoms with Gasteiger partial charge in [0.05, 0.1) is 12.6 Å². The van der Waals surface area contributed by atoms with Gasteiger partial charge >= 0.3 is 0 Å². The fourth-order valence-corrected chi connectivity index (χ4v) is 3.93. The fraction of sp³-hybridized carbons (Fsp3) is 0.421. The first-order valence-electron chi connectivity index (χ1n) is 8.57. The van der Waals surface area contributed by atoms with E-state index in [9.17, 15) is 4.79 Å². The van der Waals surface area contributed by atoms with Crippen molar-refractivity contribution < 1.29 is 9.53 Å². The van der Waals surface area contributed by atoms with Gasteiger partial charge in [-0.3, -0.25) is 9.69 Å². The maximum atomic E-state index is 12.4. The molecule has 0 spiro atoms. The molecule has 0 unspecified atom stereocenters. The van der Waals surface area contributed by atoms with Gasteiger partial charge in [-0.15, -0.1) is 11.3 Å². The van der Waals surface area contributed by atoms with E-state index in [4.69, 9.17) is 16.3 Å². The van der Waals surface area contributed by atoms with Gasteiger partial charge in [0, 0.05) is 36.1 Å². The summed E-state index contributed by atoms with van der Waals surface area (Å²) in [7, 11) is 0. The lowest BCUT2D eigenvalue weighted by Gasteiger charge is -2.24. The van der Waals surface area contributed by atoms with E-state index in [0.717, 1.165) is 38.1 Å². The van der Waals surface area contributed by atoms with Crippen molar-refractivity contribution in [3.05, 3.63) is 57.2 Å². The van der Waals surface area contributed by atoms with Crippen LogP contribution in [-0.4, -0.2) is 36.6 Å². The maximum Gasteiger partial charge on any atom is 0.234 e. The number of hydrogen-bond donors (Lipinski definition) is 1. The monoisotopic (exact) mass is 378 g/mol. The molecule has 134 valence electrons. The van der Waals surface area contributed by atoms with Crippen LogP contribution in [-0.2, 0) is 22.6 Å². The van der Waals surface area contributed by atoms with E-state index in [-0.39, 0.29) is 12.0 Å². The van der Waals surface area contributed by atoms with Crippen molar-refractivity contribution in [3.63, 3.8) is 0 Å². The summed E-state index contributed by atoms with van der Waals surface area (Å²) in [5.74, 6) is 0.00877. The van der Waals surface area contributed by atoms with E-state index < -0.39 is 0 Å². The molecule has 1 aromatic heterocycles. The van der Waals surface area contributed by atoms with Gasteiger partial charge in [0.2, 0.25) is 5.91 Å². The minimum Gasteiger partial charge on any atom is -0.377 e. The minimum atomic E-state index is 0.00877. The molecule has 0 saturated carbocycles. The van der Waals surface area contributed by atoms with Crippen LogP contribution in [0.25, 0.3) is 0 Å². The molecular formula is C19H23ClN2O2S. The zero-order valence-electron chi connectivity index (χ0n) is 14.1. The molecule has 0 aliphatic carbocycles. The molecule has 25 heavy (non-hydrogen) atoms. The molecular weight excluding hydrogens is 356 g/mol. The highest BCUT2D eigenvalue weighted by atomic mass is 35.5. The molecule has 6 heteroatoms. The summed E-state index contributed by atoms with van der Waals surface area (Å²) in [4.78, 5) is 15.8. The third kappa shape index (κ3) is 5.82. The molecule has 2 heterocycles. The fourth-order valence-electron chi connectivity index (χ4n) is 2.98. The number of hydrogen-bond acceptors (Lipinski definition) is 4. The van der Waals surface area contributed by atoms with Crippen LogP contribution in [0.3, 0.4) is 0 Å². The molecule has 4 nitrogen and oxygen atoms in total. The van der Waals surface area contributed by atoms with Gasteiger partial charge < -0.3 is 10.1 Å². The van der Waals surface area contributed by atoms with Crippen LogP contribution in [0, 0.1) is 0 Å². The van der Waals surface area contributed by atoms with Crippen LogP contribution in [0.1, 0.15) is 23.3 Å². The molecule has 1 aliphatic rings. The molecule has 3 rings (SSSR count). The molecule has 1 aliphatic heterocycles. The molecule has 1 saturated heterocycles. The lowest BCUT2D eigenvalue weighted by Crippen LogP contribution is -2.40. The highest BCUT2D eigenvalue weighted by Gasteiger charge is 2.21. The Balaban J connectivity index is 1.54. The number of carbonyl (C=O) groups is 1. The molecule has 1 amide bonds. The van der Waals surface area contributed by atoms with Gasteiger partial charge in [-0.05, 0) is 35.9 Å². The van der Waals surface area contributed by atoms with Crippen molar-refractivity contribution in [1.29, 1.82) is 0 Å².